The summed E-state index contributed by atoms with van der Waals surface area (Å²) in [6.45, 7) is 6.37. The number of nitrogens with two attached hydrogens (primary N) is 1. The number of rotatable bonds is 7. The molecule has 1 atom stereocenters. The molecule has 0 aliphatic rings. The molecule has 0 saturated heterocycles. The minimum absolute atomic E-state index is 0.129. The SMILES string of the molecule is CCNC(=O)Nc1cc2c(-c3ccncc3)ccc(CC(C(N)=O)C(C)C)c2cn1. The van der Waals surface area contributed by atoms with Gasteiger partial charge in [-0.25, -0.2) is 9.78 Å². The summed E-state index contributed by atoms with van der Waals surface area (Å²) in [5.74, 6) is 0.00670. The minimum atomic E-state index is -0.307. The number of amides is 3. The molecule has 30 heavy (non-hydrogen) atoms. The van der Waals surface area contributed by atoms with Crippen LogP contribution in [0.2, 0.25) is 0 Å². The molecule has 2 heterocycles. The predicted molar refractivity (Wildman–Crippen MR) is 119 cm³/mol. The molecule has 3 rings (SSSR count). The fourth-order valence-electron chi connectivity index (χ4n) is 3.55. The number of urea groups is 1. The molecule has 1 unspecified atom stereocenters. The Bertz CT molecular complexity index is 1050. The van der Waals surface area contributed by atoms with Gasteiger partial charge in [0.05, 0.1) is 0 Å². The number of benzene rings is 1. The Morgan fingerprint density at radius 2 is 1.83 bits per heavy atom. The quantitative estimate of drug-likeness (QED) is 0.556. The van der Waals surface area contributed by atoms with Gasteiger partial charge in [0.15, 0.2) is 0 Å². The van der Waals surface area contributed by atoms with Crippen molar-refractivity contribution in [3.05, 3.63) is 54.5 Å². The van der Waals surface area contributed by atoms with Crippen molar-refractivity contribution in [2.24, 2.45) is 17.6 Å². The van der Waals surface area contributed by atoms with Crippen LogP contribution in [0.5, 0.6) is 0 Å². The van der Waals surface area contributed by atoms with Gasteiger partial charge in [-0.05, 0) is 59.5 Å². The standard InChI is InChI=1S/C23H27N5O2/c1-4-26-23(30)28-21-12-19-17(15-7-9-25-10-8-15)6-5-16(20(19)13-27-21)11-18(14(2)3)22(24)29/h5-10,12-14,18H,4,11H2,1-3H3,(H2,24,29)(H2,26,27,28,30). The zero-order valence-corrected chi connectivity index (χ0v) is 17.5. The second-order valence-electron chi connectivity index (χ2n) is 7.56. The van der Waals surface area contributed by atoms with E-state index in [1.807, 2.05) is 51.1 Å². The third-order valence-corrected chi connectivity index (χ3v) is 5.17. The van der Waals surface area contributed by atoms with Crippen molar-refractivity contribution in [1.29, 1.82) is 0 Å². The van der Waals surface area contributed by atoms with Crippen LogP contribution in [0.15, 0.2) is 48.9 Å². The lowest BCUT2D eigenvalue weighted by molar-refractivity contribution is -0.123. The zero-order chi connectivity index (χ0) is 21.7. The third kappa shape index (κ3) is 4.74. The van der Waals surface area contributed by atoms with Crippen LogP contribution in [-0.2, 0) is 11.2 Å². The minimum Gasteiger partial charge on any atom is -0.369 e. The van der Waals surface area contributed by atoms with Gasteiger partial charge in [0, 0.05) is 36.4 Å². The number of anilines is 1. The Labute approximate surface area is 176 Å². The first kappa shape index (κ1) is 21.2. The van der Waals surface area contributed by atoms with E-state index in [0.717, 1.165) is 27.5 Å². The van der Waals surface area contributed by atoms with Gasteiger partial charge in [0.2, 0.25) is 5.91 Å². The number of primary amides is 1. The van der Waals surface area contributed by atoms with Crippen LogP contribution in [0.1, 0.15) is 26.3 Å². The molecule has 2 aromatic heterocycles. The van der Waals surface area contributed by atoms with Gasteiger partial charge < -0.3 is 11.1 Å². The van der Waals surface area contributed by atoms with E-state index < -0.39 is 0 Å². The summed E-state index contributed by atoms with van der Waals surface area (Å²) in [6, 6.07) is 9.48. The molecule has 0 aliphatic heterocycles. The van der Waals surface area contributed by atoms with Crippen LogP contribution in [0.3, 0.4) is 0 Å². The van der Waals surface area contributed by atoms with Gasteiger partial charge in [0.25, 0.3) is 0 Å². The average Bonchev–Trinajstić information content (AvgIpc) is 2.72. The van der Waals surface area contributed by atoms with Crippen molar-refractivity contribution in [1.82, 2.24) is 15.3 Å². The average molecular weight is 406 g/mol. The smallest absolute Gasteiger partial charge is 0.320 e. The van der Waals surface area contributed by atoms with Crippen molar-refractivity contribution >= 4 is 28.5 Å². The number of aromatic nitrogens is 2. The number of carbonyl (C=O) groups is 2. The van der Waals surface area contributed by atoms with Crippen LogP contribution < -0.4 is 16.4 Å². The molecule has 0 fully saturated rings. The highest BCUT2D eigenvalue weighted by molar-refractivity contribution is 6.01. The maximum atomic E-state index is 12.0. The Hall–Kier alpha value is -3.48. The Morgan fingerprint density at radius 1 is 1.10 bits per heavy atom. The monoisotopic (exact) mass is 405 g/mol. The Morgan fingerprint density at radius 3 is 2.47 bits per heavy atom. The molecule has 0 bridgehead atoms. The van der Waals surface area contributed by atoms with Crippen LogP contribution in [-0.4, -0.2) is 28.5 Å². The van der Waals surface area contributed by atoms with E-state index >= 15 is 0 Å². The highest BCUT2D eigenvalue weighted by Gasteiger charge is 2.22. The first-order valence-corrected chi connectivity index (χ1v) is 10.1. The third-order valence-electron chi connectivity index (χ3n) is 5.17. The topological polar surface area (TPSA) is 110 Å². The van der Waals surface area contributed by atoms with Crippen molar-refractivity contribution in [3.8, 4) is 11.1 Å². The van der Waals surface area contributed by atoms with Gasteiger partial charge in [-0.2, -0.15) is 0 Å². The van der Waals surface area contributed by atoms with Crippen LogP contribution in [0.4, 0.5) is 10.6 Å². The lowest BCUT2D eigenvalue weighted by atomic mass is 9.86. The largest absolute Gasteiger partial charge is 0.369 e. The Balaban J connectivity index is 2.12. The summed E-state index contributed by atoms with van der Waals surface area (Å²) in [7, 11) is 0. The number of nitrogens with zero attached hydrogens (tertiary/aromatic N) is 2. The number of carbonyl (C=O) groups excluding carboxylic acids is 2. The summed E-state index contributed by atoms with van der Waals surface area (Å²) in [6.07, 6.45) is 5.76. The van der Waals surface area contributed by atoms with E-state index in [0.29, 0.717) is 18.8 Å². The molecular formula is C23H27N5O2. The summed E-state index contributed by atoms with van der Waals surface area (Å²) in [4.78, 5) is 32.4. The fourth-order valence-corrected chi connectivity index (χ4v) is 3.55. The fraction of sp³-hybridized carbons (Fsp3) is 0.304. The lowest BCUT2D eigenvalue weighted by Gasteiger charge is -2.19. The molecule has 0 saturated carbocycles. The van der Waals surface area contributed by atoms with Crippen LogP contribution in [0, 0.1) is 11.8 Å². The van der Waals surface area contributed by atoms with Gasteiger partial charge in [-0.3, -0.25) is 15.1 Å². The normalized spacial score (nSPS) is 12.0. The summed E-state index contributed by atoms with van der Waals surface area (Å²) in [5, 5.41) is 7.33. The number of nitrogens with one attached hydrogen (secondary N) is 2. The van der Waals surface area contributed by atoms with Crippen molar-refractivity contribution < 1.29 is 9.59 Å². The molecule has 0 spiro atoms. The number of hydrogen-bond donors (Lipinski definition) is 3. The van der Waals surface area contributed by atoms with Crippen molar-refractivity contribution in [3.63, 3.8) is 0 Å². The van der Waals surface area contributed by atoms with E-state index in [1.54, 1.807) is 18.6 Å². The summed E-state index contributed by atoms with van der Waals surface area (Å²) >= 11 is 0. The molecule has 3 aromatic rings. The van der Waals surface area contributed by atoms with Gasteiger partial charge in [-0.15, -0.1) is 0 Å². The summed E-state index contributed by atoms with van der Waals surface area (Å²) < 4.78 is 0. The molecule has 3 amide bonds. The van der Waals surface area contributed by atoms with Crippen LogP contribution in [0.25, 0.3) is 21.9 Å². The number of hydrogen-bond acceptors (Lipinski definition) is 4. The van der Waals surface area contributed by atoms with E-state index in [2.05, 4.69) is 20.6 Å². The van der Waals surface area contributed by atoms with E-state index in [9.17, 15) is 9.59 Å². The van der Waals surface area contributed by atoms with Crippen molar-refractivity contribution in [2.45, 2.75) is 27.2 Å². The molecule has 0 aliphatic carbocycles. The van der Waals surface area contributed by atoms with E-state index in [-0.39, 0.29) is 23.8 Å². The second kappa shape index (κ2) is 9.35. The second-order valence-corrected chi connectivity index (χ2v) is 7.56. The predicted octanol–water partition coefficient (Wildman–Crippen LogP) is 3.74. The highest BCUT2D eigenvalue weighted by atomic mass is 16.2. The first-order chi connectivity index (χ1) is 14.4. The molecule has 4 N–H and O–H groups in total. The summed E-state index contributed by atoms with van der Waals surface area (Å²) in [5.41, 5.74) is 8.64. The maximum Gasteiger partial charge on any atom is 0.320 e. The molecular weight excluding hydrogens is 378 g/mol. The molecule has 0 radical (unpaired) electrons. The van der Waals surface area contributed by atoms with E-state index in [4.69, 9.17) is 5.73 Å². The maximum absolute atomic E-state index is 12.0. The van der Waals surface area contributed by atoms with Crippen molar-refractivity contribution in [2.75, 3.05) is 11.9 Å². The lowest BCUT2D eigenvalue weighted by Crippen LogP contribution is -2.29. The van der Waals surface area contributed by atoms with Gasteiger partial charge in [0.1, 0.15) is 5.82 Å². The first-order valence-electron chi connectivity index (χ1n) is 10.1. The van der Waals surface area contributed by atoms with E-state index in [1.165, 1.54) is 0 Å². The zero-order valence-electron chi connectivity index (χ0n) is 17.5. The Kier molecular flexibility index (Phi) is 6.61. The number of fused-ring (bicyclic) bond motifs is 1. The van der Waals surface area contributed by atoms with Gasteiger partial charge in [-0.1, -0.05) is 26.0 Å². The van der Waals surface area contributed by atoms with Crippen LogP contribution >= 0.6 is 0 Å². The highest BCUT2D eigenvalue weighted by Crippen LogP contribution is 2.33. The molecule has 156 valence electrons. The van der Waals surface area contributed by atoms with Gasteiger partial charge >= 0.3 is 6.03 Å². The number of pyridine rings is 2. The molecule has 7 heteroatoms. The molecule has 1 aromatic carbocycles. The molecule has 7 nitrogen and oxygen atoms in total.